The van der Waals surface area contributed by atoms with E-state index in [-0.39, 0.29) is 0 Å². The van der Waals surface area contributed by atoms with E-state index in [1.54, 1.807) is 5.57 Å². The van der Waals surface area contributed by atoms with E-state index in [0.717, 1.165) is 26.1 Å². The van der Waals surface area contributed by atoms with Crippen LogP contribution in [0.5, 0.6) is 0 Å². The maximum absolute atomic E-state index is 10.2. The highest BCUT2D eigenvalue weighted by molar-refractivity contribution is 5.23. The molecule has 0 radical (unpaired) electrons. The molecule has 1 aromatic rings. The molecule has 25 heavy (non-hydrogen) atoms. The highest BCUT2D eigenvalue weighted by atomic mass is 16.3. The molecule has 0 spiro atoms. The molecule has 0 aromatic heterocycles. The van der Waals surface area contributed by atoms with Crippen LogP contribution in [0.25, 0.3) is 0 Å². The largest absolute Gasteiger partial charge is 0.396 e. The highest BCUT2D eigenvalue weighted by Gasteiger charge is 2.39. The van der Waals surface area contributed by atoms with Crippen LogP contribution < -0.4 is 5.32 Å². The summed E-state index contributed by atoms with van der Waals surface area (Å²) in [5, 5.41) is 13.9. The van der Waals surface area contributed by atoms with Crippen molar-refractivity contribution in [2.75, 3.05) is 19.7 Å². The summed E-state index contributed by atoms with van der Waals surface area (Å²) in [5.41, 5.74) is 2.99. The lowest BCUT2D eigenvalue weighted by Gasteiger charge is -2.47. The van der Waals surface area contributed by atoms with Crippen molar-refractivity contribution in [2.24, 2.45) is 11.8 Å². The van der Waals surface area contributed by atoms with Crippen LogP contribution in [0.4, 0.5) is 0 Å². The number of aliphatic hydroxyl groups excluding tert-OH is 1. The molecule has 2 fully saturated rings. The third kappa shape index (κ3) is 3.84. The van der Waals surface area contributed by atoms with E-state index >= 15 is 0 Å². The summed E-state index contributed by atoms with van der Waals surface area (Å²) < 4.78 is 0. The third-order valence-electron chi connectivity index (χ3n) is 6.46. The molecule has 0 unspecified atom stereocenters. The van der Waals surface area contributed by atoms with Gasteiger partial charge in [0.15, 0.2) is 0 Å². The van der Waals surface area contributed by atoms with Gasteiger partial charge in [0.25, 0.3) is 0 Å². The topological polar surface area (TPSA) is 35.5 Å². The minimum Gasteiger partial charge on any atom is -0.396 e. The summed E-state index contributed by atoms with van der Waals surface area (Å²) in [7, 11) is 0. The van der Waals surface area contributed by atoms with Gasteiger partial charge in [-0.2, -0.15) is 0 Å². The van der Waals surface area contributed by atoms with Crippen molar-refractivity contribution in [1.82, 2.24) is 10.2 Å². The number of piperidine rings is 2. The van der Waals surface area contributed by atoms with Gasteiger partial charge in [-0.25, -0.2) is 0 Å². The maximum atomic E-state index is 10.2. The zero-order valence-electron chi connectivity index (χ0n) is 15.2. The molecule has 1 aliphatic carbocycles. The first kappa shape index (κ1) is 17.3. The first-order valence-corrected chi connectivity index (χ1v) is 10.2. The Labute approximate surface area is 152 Å². The lowest BCUT2D eigenvalue weighted by molar-refractivity contribution is 0.0680. The summed E-state index contributed by atoms with van der Waals surface area (Å²) in [4.78, 5) is 2.62. The molecule has 2 N–H and O–H groups in total. The number of likely N-dealkylation sites (tertiary alicyclic amines) is 1. The van der Waals surface area contributed by atoms with Crippen LogP contribution in [0.15, 0.2) is 42.0 Å². The molecule has 3 aliphatic rings. The summed E-state index contributed by atoms with van der Waals surface area (Å²) in [6.07, 6.45) is 10.2. The summed E-state index contributed by atoms with van der Waals surface area (Å²) >= 11 is 0. The number of nitrogens with zero attached hydrogens (tertiary/aromatic N) is 1. The van der Waals surface area contributed by atoms with Crippen LogP contribution in [0.1, 0.15) is 44.1 Å². The molecular weight excluding hydrogens is 308 g/mol. The second kappa shape index (κ2) is 8.03. The van der Waals surface area contributed by atoms with Crippen molar-refractivity contribution in [3.05, 3.63) is 47.5 Å². The Morgan fingerprint density at radius 1 is 1.12 bits per heavy atom. The second-order valence-corrected chi connectivity index (χ2v) is 8.14. The number of rotatable bonds is 4. The van der Waals surface area contributed by atoms with Crippen LogP contribution in [0.2, 0.25) is 0 Å². The molecule has 1 aromatic carbocycles. The number of benzene rings is 1. The zero-order valence-corrected chi connectivity index (χ0v) is 15.2. The molecular formula is C22H32N2O. The molecule has 3 nitrogen and oxygen atoms in total. The van der Waals surface area contributed by atoms with Crippen molar-refractivity contribution in [2.45, 2.75) is 57.2 Å². The highest BCUT2D eigenvalue weighted by Crippen LogP contribution is 2.39. The van der Waals surface area contributed by atoms with Crippen molar-refractivity contribution >= 4 is 0 Å². The zero-order chi connectivity index (χ0) is 17.1. The smallest absolute Gasteiger partial charge is 0.0477 e. The van der Waals surface area contributed by atoms with Gasteiger partial charge < -0.3 is 10.4 Å². The van der Waals surface area contributed by atoms with Gasteiger partial charge in [-0.1, -0.05) is 48.4 Å². The van der Waals surface area contributed by atoms with Gasteiger partial charge in [0.2, 0.25) is 0 Å². The van der Waals surface area contributed by atoms with E-state index in [4.69, 9.17) is 0 Å². The maximum Gasteiger partial charge on any atom is 0.0477 e. The SMILES string of the molecule is OC[C@H]1C[C@@H]([C@@H]2CCCCN2)C=C2CCCN(Cc3ccccc3)[C@H]21. The van der Waals surface area contributed by atoms with Gasteiger partial charge >= 0.3 is 0 Å². The Kier molecular flexibility index (Phi) is 5.54. The molecule has 4 atom stereocenters. The van der Waals surface area contributed by atoms with Crippen LogP contribution in [-0.4, -0.2) is 41.8 Å². The average molecular weight is 341 g/mol. The molecule has 4 rings (SSSR count). The molecule has 0 bridgehead atoms. The summed E-state index contributed by atoms with van der Waals surface area (Å²) in [6.45, 7) is 3.64. The molecule has 3 heteroatoms. The van der Waals surface area contributed by atoms with Crippen molar-refractivity contribution in [3.63, 3.8) is 0 Å². The van der Waals surface area contributed by atoms with E-state index in [1.807, 2.05) is 0 Å². The number of hydrogen-bond acceptors (Lipinski definition) is 3. The molecule has 2 heterocycles. The van der Waals surface area contributed by atoms with Gasteiger partial charge in [-0.15, -0.1) is 0 Å². The van der Waals surface area contributed by atoms with Crippen LogP contribution in [0, 0.1) is 11.8 Å². The standard InChI is InChI=1S/C22H32N2O/c25-16-20-14-19(21-10-4-5-11-23-21)13-18-9-6-12-24(22(18)20)15-17-7-2-1-3-8-17/h1-3,7-8,13,19-23,25H,4-6,9-12,14-16H2/t19-,20+,21-,22+/m0/s1. The monoisotopic (exact) mass is 340 g/mol. The van der Waals surface area contributed by atoms with Gasteiger partial charge in [0.1, 0.15) is 0 Å². The molecule has 2 aliphatic heterocycles. The van der Waals surface area contributed by atoms with Crippen molar-refractivity contribution in [3.8, 4) is 0 Å². The van der Waals surface area contributed by atoms with Crippen molar-refractivity contribution in [1.29, 1.82) is 0 Å². The Morgan fingerprint density at radius 3 is 2.76 bits per heavy atom. The number of aliphatic hydroxyl groups is 1. The second-order valence-electron chi connectivity index (χ2n) is 8.14. The Morgan fingerprint density at radius 2 is 2.00 bits per heavy atom. The van der Waals surface area contributed by atoms with Gasteiger partial charge in [0, 0.05) is 31.2 Å². The number of fused-ring (bicyclic) bond motifs is 1. The van der Waals surface area contributed by atoms with E-state index in [0.29, 0.717) is 30.5 Å². The Balaban J connectivity index is 1.53. The summed E-state index contributed by atoms with van der Waals surface area (Å²) in [6, 6.07) is 11.9. The molecule has 136 valence electrons. The third-order valence-corrected chi connectivity index (χ3v) is 6.46. The quantitative estimate of drug-likeness (QED) is 0.825. The lowest BCUT2D eigenvalue weighted by atomic mass is 9.72. The Bertz CT molecular complexity index is 579. The summed E-state index contributed by atoms with van der Waals surface area (Å²) in [5.74, 6) is 0.998. The fourth-order valence-corrected chi connectivity index (χ4v) is 5.31. The minimum atomic E-state index is 0.316. The van der Waals surface area contributed by atoms with Crippen molar-refractivity contribution < 1.29 is 5.11 Å². The lowest BCUT2D eigenvalue weighted by Crippen LogP contribution is -2.51. The minimum absolute atomic E-state index is 0.316. The molecule has 2 saturated heterocycles. The molecule has 0 amide bonds. The average Bonchev–Trinajstić information content (AvgIpc) is 2.69. The van der Waals surface area contributed by atoms with Crippen LogP contribution in [0.3, 0.4) is 0 Å². The fraction of sp³-hybridized carbons (Fsp3) is 0.636. The van der Waals surface area contributed by atoms with E-state index in [2.05, 4.69) is 46.6 Å². The number of nitrogens with one attached hydrogen (secondary N) is 1. The molecule has 0 saturated carbocycles. The van der Waals surface area contributed by atoms with Crippen LogP contribution >= 0.6 is 0 Å². The van der Waals surface area contributed by atoms with Crippen LogP contribution in [-0.2, 0) is 6.54 Å². The normalized spacial score (nSPS) is 33.6. The van der Waals surface area contributed by atoms with E-state index in [1.165, 1.54) is 37.7 Å². The first-order valence-electron chi connectivity index (χ1n) is 10.2. The van der Waals surface area contributed by atoms with E-state index < -0.39 is 0 Å². The number of hydrogen-bond donors (Lipinski definition) is 2. The first-order chi connectivity index (χ1) is 12.3. The Hall–Kier alpha value is -1.16. The van der Waals surface area contributed by atoms with Gasteiger partial charge in [-0.3, -0.25) is 4.90 Å². The predicted molar refractivity (Wildman–Crippen MR) is 102 cm³/mol. The van der Waals surface area contributed by atoms with Gasteiger partial charge in [-0.05, 0) is 56.7 Å². The van der Waals surface area contributed by atoms with Gasteiger partial charge in [0.05, 0.1) is 0 Å². The van der Waals surface area contributed by atoms with E-state index in [9.17, 15) is 5.11 Å². The predicted octanol–water partition coefficient (Wildman–Crippen LogP) is 3.35. The fourth-order valence-electron chi connectivity index (χ4n) is 5.31.